The summed E-state index contributed by atoms with van der Waals surface area (Å²) in [5.41, 5.74) is 0.585. The van der Waals surface area contributed by atoms with Gasteiger partial charge in [-0.3, -0.25) is 4.79 Å². The Hall–Kier alpha value is -2.83. The molecule has 2 heterocycles. The molecule has 1 aliphatic rings. The van der Waals surface area contributed by atoms with Gasteiger partial charge in [-0.2, -0.15) is 4.98 Å². The molecular weight excluding hydrogens is 342 g/mol. The Balaban J connectivity index is 1.63. The van der Waals surface area contributed by atoms with Crippen LogP contribution in [0.5, 0.6) is 5.75 Å². The Morgan fingerprint density at radius 1 is 1.07 bits per heavy atom. The molecule has 0 saturated carbocycles. The maximum Gasteiger partial charge on any atom is 0.228 e. The second-order valence-corrected chi connectivity index (χ2v) is 7.62. The Bertz CT molecular complexity index is 778. The lowest BCUT2D eigenvalue weighted by Crippen LogP contribution is -2.52. The zero-order chi connectivity index (χ0) is 19.4. The molecule has 0 aliphatic carbocycles. The zero-order valence-corrected chi connectivity index (χ0v) is 16.4. The molecule has 1 amide bonds. The Morgan fingerprint density at radius 2 is 1.74 bits per heavy atom. The molecule has 7 heteroatoms. The average Bonchev–Trinajstić information content (AvgIpc) is 2.68. The highest BCUT2D eigenvalue weighted by Gasteiger charge is 2.30. The van der Waals surface area contributed by atoms with Crippen molar-refractivity contribution in [1.82, 2.24) is 14.9 Å². The summed E-state index contributed by atoms with van der Waals surface area (Å²) in [6.45, 7) is 8.71. The van der Waals surface area contributed by atoms with Gasteiger partial charge in [-0.1, -0.05) is 20.8 Å². The van der Waals surface area contributed by atoms with Crippen LogP contribution in [0.3, 0.4) is 0 Å². The van der Waals surface area contributed by atoms with Gasteiger partial charge in [0.05, 0.1) is 7.11 Å². The predicted octanol–water partition coefficient (Wildman–Crippen LogP) is 2.92. The normalized spacial score (nSPS) is 14.8. The highest BCUT2D eigenvalue weighted by atomic mass is 16.5. The van der Waals surface area contributed by atoms with E-state index in [1.807, 2.05) is 56.0 Å². The van der Waals surface area contributed by atoms with Crippen LogP contribution in [0, 0.1) is 5.41 Å². The van der Waals surface area contributed by atoms with Crippen molar-refractivity contribution >= 4 is 23.4 Å². The van der Waals surface area contributed by atoms with E-state index < -0.39 is 0 Å². The van der Waals surface area contributed by atoms with Crippen molar-refractivity contribution < 1.29 is 9.53 Å². The molecule has 1 saturated heterocycles. The number of carbonyl (C=O) groups is 1. The SMILES string of the molecule is COc1ccc(Nc2ccnc(N3CCN(C(=O)C(C)(C)C)CC3)n2)cc1. The Kier molecular flexibility index (Phi) is 5.48. The number of amides is 1. The van der Waals surface area contributed by atoms with Gasteiger partial charge >= 0.3 is 0 Å². The van der Waals surface area contributed by atoms with Crippen molar-refractivity contribution in [2.24, 2.45) is 5.41 Å². The number of rotatable bonds is 4. The van der Waals surface area contributed by atoms with Crippen molar-refractivity contribution in [2.75, 3.05) is 43.5 Å². The topological polar surface area (TPSA) is 70.6 Å². The summed E-state index contributed by atoms with van der Waals surface area (Å²) in [5.74, 6) is 2.42. The van der Waals surface area contributed by atoms with Gasteiger partial charge in [-0.05, 0) is 30.3 Å². The van der Waals surface area contributed by atoms with Crippen LogP contribution < -0.4 is 15.0 Å². The molecule has 0 radical (unpaired) electrons. The van der Waals surface area contributed by atoms with Crippen LogP contribution in [0.25, 0.3) is 0 Å². The molecule has 7 nitrogen and oxygen atoms in total. The van der Waals surface area contributed by atoms with Crippen LogP contribution in [0.2, 0.25) is 0 Å². The number of ether oxygens (including phenoxy) is 1. The average molecular weight is 369 g/mol. The van der Waals surface area contributed by atoms with E-state index in [1.54, 1.807) is 13.3 Å². The number of piperazine rings is 1. The molecule has 1 N–H and O–H groups in total. The first-order chi connectivity index (χ1) is 12.9. The second-order valence-electron chi connectivity index (χ2n) is 7.62. The van der Waals surface area contributed by atoms with Crippen molar-refractivity contribution in [3.05, 3.63) is 36.5 Å². The maximum atomic E-state index is 12.4. The molecule has 1 aromatic heterocycles. The first kappa shape index (κ1) is 18.9. The van der Waals surface area contributed by atoms with Crippen LogP contribution in [0.4, 0.5) is 17.5 Å². The maximum absolute atomic E-state index is 12.4. The summed E-state index contributed by atoms with van der Waals surface area (Å²) in [7, 11) is 1.65. The molecule has 2 aromatic rings. The van der Waals surface area contributed by atoms with Gasteiger partial charge < -0.3 is 19.9 Å². The summed E-state index contributed by atoms with van der Waals surface area (Å²) in [6, 6.07) is 9.52. The summed E-state index contributed by atoms with van der Waals surface area (Å²) >= 11 is 0. The van der Waals surface area contributed by atoms with E-state index in [2.05, 4.69) is 20.2 Å². The standard InChI is InChI=1S/C20H27N5O2/c1-20(2,3)18(26)24-11-13-25(14-12-24)19-21-10-9-17(23-19)22-15-5-7-16(27-4)8-6-15/h5-10H,11-14H2,1-4H3,(H,21,22,23). The van der Waals surface area contributed by atoms with Crippen LogP contribution >= 0.6 is 0 Å². The third-order valence-corrected chi connectivity index (χ3v) is 4.50. The van der Waals surface area contributed by atoms with Crippen LogP contribution in [0.15, 0.2) is 36.5 Å². The van der Waals surface area contributed by atoms with Gasteiger partial charge in [-0.15, -0.1) is 0 Å². The second kappa shape index (κ2) is 7.82. The number of nitrogens with one attached hydrogen (secondary N) is 1. The van der Waals surface area contributed by atoms with Crippen molar-refractivity contribution in [3.63, 3.8) is 0 Å². The number of aromatic nitrogens is 2. The largest absolute Gasteiger partial charge is 0.497 e. The molecule has 27 heavy (non-hydrogen) atoms. The first-order valence-corrected chi connectivity index (χ1v) is 9.15. The molecular formula is C20H27N5O2. The molecule has 0 spiro atoms. The molecule has 1 aromatic carbocycles. The fraction of sp³-hybridized carbons (Fsp3) is 0.450. The number of hydrogen-bond acceptors (Lipinski definition) is 6. The van der Waals surface area contributed by atoms with E-state index in [0.29, 0.717) is 19.0 Å². The Labute approximate surface area is 160 Å². The van der Waals surface area contributed by atoms with E-state index >= 15 is 0 Å². The highest BCUT2D eigenvalue weighted by molar-refractivity contribution is 5.81. The third kappa shape index (κ3) is 4.67. The van der Waals surface area contributed by atoms with Gasteiger partial charge in [0.2, 0.25) is 11.9 Å². The molecule has 0 atom stereocenters. The number of methoxy groups -OCH3 is 1. The van der Waals surface area contributed by atoms with Crippen molar-refractivity contribution in [2.45, 2.75) is 20.8 Å². The minimum absolute atomic E-state index is 0.193. The van der Waals surface area contributed by atoms with E-state index in [9.17, 15) is 4.79 Å². The van der Waals surface area contributed by atoms with Crippen molar-refractivity contribution in [1.29, 1.82) is 0 Å². The van der Waals surface area contributed by atoms with E-state index in [1.165, 1.54) is 0 Å². The fourth-order valence-corrected chi connectivity index (χ4v) is 2.98. The Morgan fingerprint density at radius 3 is 2.33 bits per heavy atom. The lowest BCUT2D eigenvalue weighted by molar-refractivity contribution is -0.139. The quantitative estimate of drug-likeness (QED) is 0.894. The van der Waals surface area contributed by atoms with Gasteiger partial charge in [-0.25, -0.2) is 4.98 Å². The molecule has 0 unspecified atom stereocenters. The van der Waals surface area contributed by atoms with Gasteiger partial charge in [0.15, 0.2) is 0 Å². The van der Waals surface area contributed by atoms with E-state index in [-0.39, 0.29) is 11.3 Å². The zero-order valence-electron chi connectivity index (χ0n) is 16.4. The summed E-state index contributed by atoms with van der Waals surface area (Å²) in [6.07, 6.45) is 1.75. The third-order valence-electron chi connectivity index (χ3n) is 4.50. The molecule has 0 bridgehead atoms. The molecule has 1 fully saturated rings. The van der Waals surface area contributed by atoms with Crippen molar-refractivity contribution in [3.8, 4) is 5.75 Å². The van der Waals surface area contributed by atoms with E-state index in [0.717, 1.165) is 30.3 Å². The number of carbonyl (C=O) groups excluding carboxylic acids is 1. The monoisotopic (exact) mass is 369 g/mol. The minimum Gasteiger partial charge on any atom is -0.497 e. The molecule has 3 rings (SSSR count). The highest BCUT2D eigenvalue weighted by Crippen LogP contribution is 2.22. The predicted molar refractivity (Wildman–Crippen MR) is 107 cm³/mol. The molecule has 1 aliphatic heterocycles. The minimum atomic E-state index is -0.346. The lowest BCUT2D eigenvalue weighted by atomic mass is 9.94. The fourth-order valence-electron chi connectivity index (χ4n) is 2.98. The van der Waals surface area contributed by atoms with Gasteiger partial charge in [0.25, 0.3) is 0 Å². The number of benzene rings is 1. The van der Waals surface area contributed by atoms with E-state index in [4.69, 9.17) is 4.74 Å². The summed E-state index contributed by atoms with van der Waals surface area (Å²) in [5, 5.41) is 3.28. The summed E-state index contributed by atoms with van der Waals surface area (Å²) in [4.78, 5) is 25.5. The lowest BCUT2D eigenvalue weighted by Gasteiger charge is -2.37. The smallest absolute Gasteiger partial charge is 0.228 e. The number of hydrogen-bond donors (Lipinski definition) is 1. The molecule has 144 valence electrons. The van der Waals surface area contributed by atoms with Crippen LogP contribution in [-0.2, 0) is 4.79 Å². The number of nitrogens with zero attached hydrogens (tertiary/aromatic N) is 4. The van der Waals surface area contributed by atoms with Crippen LogP contribution in [-0.4, -0.2) is 54.1 Å². The van der Waals surface area contributed by atoms with Gasteiger partial charge in [0.1, 0.15) is 11.6 Å². The van der Waals surface area contributed by atoms with Gasteiger partial charge in [0, 0.05) is 43.5 Å². The first-order valence-electron chi connectivity index (χ1n) is 9.15. The number of anilines is 3. The van der Waals surface area contributed by atoms with Crippen LogP contribution in [0.1, 0.15) is 20.8 Å². The summed E-state index contributed by atoms with van der Waals surface area (Å²) < 4.78 is 5.18.